The molecule has 0 bridgehead atoms. The molecular formula is C19H30N2O4. The molecular weight excluding hydrogens is 320 g/mol. The van der Waals surface area contributed by atoms with Crippen LogP contribution in [-0.2, 0) is 16.1 Å². The summed E-state index contributed by atoms with van der Waals surface area (Å²) in [6.07, 6.45) is 1.76. The van der Waals surface area contributed by atoms with Crippen LogP contribution in [0.4, 0.5) is 0 Å². The van der Waals surface area contributed by atoms with Gasteiger partial charge in [0.05, 0.1) is 20.8 Å². The first-order valence-electron chi connectivity index (χ1n) is 8.80. The van der Waals surface area contributed by atoms with Crippen molar-refractivity contribution in [2.75, 3.05) is 41.0 Å². The van der Waals surface area contributed by atoms with E-state index in [4.69, 9.17) is 14.2 Å². The smallest absolute Gasteiger partial charge is 0.223 e. The first-order chi connectivity index (χ1) is 12.1. The number of likely N-dealkylation sites (tertiary alicyclic amines) is 1. The van der Waals surface area contributed by atoms with Crippen LogP contribution in [0.3, 0.4) is 0 Å². The molecule has 1 heterocycles. The fraction of sp³-hybridized carbons (Fsp3) is 0.632. The molecule has 0 unspecified atom stereocenters. The van der Waals surface area contributed by atoms with Crippen molar-refractivity contribution in [3.05, 3.63) is 23.8 Å². The molecule has 0 aromatic heterocycles. The van der Waals surface area contributed by atoms with Gasteiger partial charge < -0.3 is 19.5 Å². The largest absolute Gasteiger partial charge is 0.497 e. The van der Waals surface area contributed by atoms with Crippen molar-refractivity contribution in [2.45, 2.75) is 32.4 Å². The summed E-state index contributed by atoms with van der Waals surface area (Å²) in [5.41, 5.74) is 1.14. The molecule has 1 aromatic rings. The van der Waals surface area contributed by atoms with Crippen LogP contribution in [0.15, 0.2) is 18.2 Å². The molecule has 2 rings (SSSR count). The zero-order valence-corrected chi connectivity index (χ0v) is 15.7. The van der Waals surface area contributed by atoms with E-state index in [0.29, 0.717) is 6.61 Å². The van der Waals surface area contributed by atoms with E-state index < -0.39 is 0 Å². The SMILES string of the molecule is COC[C@@H](C)NC(=O)C1CCN(Cc2ccc(OC)cc2OC)CC1. The first-order valence-corrected chi connectivity index (χ1v) is 8.80. The van der Waals surface area contributed by atoms with Crippen LogP contribution < -0.4 is 14.8 Å². The number of hydrogen-bond acceptors (Lipinski definition) is 5. The number of amides is 1. The zero-order valence-electron chi connectivity index (χ0n) is 15.7. The van der Waals surface area contributed by atoms with Gasteiger partial charge in [0, 0.05) is 37.2 Å². The monoisotopic (exact) mass is 350 g/mol. The topological polar surface area (TPSA) is 60.0 Å². The third kappa shape index (κ3) is 5.61. The molecule has 1 aliphatic heterocycles. The highest BCUT2D eigenvalue weighted by Crippen LogP contribution is 2.27. The highest BCUT2D eigenvalue weighted by atomic mass is 16.5. The van der Waals surface area contributed by atoms with Crippen molar-refractivity contribution >= 4 is 5.91 Å². The normalized spacial score (nSPS) is 17.1. The fourth-order valence-electron chi connectivity index (χ4n) is 3.23. The Kier molecular flexibility index (Phi) is 7.52. The van der Waals surface area contributed by atoms with Crippen LogP contribution >= 0.6 is 0 Å². The Bertz CT molecular complexity index is 556. The molecule has 1 aliphatic rings. The number of methoxy groups -OCH3 is 3. The highest BCUT2D eigenvalue weighted by Gasteiger charge is 2.26. The molecule has 140 valence electrons. The molecule has 1 saturated heterocycles. The summed E-state index contributed by atoms with van der Waals surface area (Å²) < 4.78 is 15.8. The predicted octanol–water partition coefficient (Wildman–Crippen LogP) is 2.07. The molecule has 0 radical (unpaired) electrons. The summed E-state index contributed by atoms with van der Waals surface area (Å²) in [5, 5.41) is 3.03. The standard InChI is InChI=1S/C19H30N2O4/c1-14(13-23-2)20-19(22)15-7-9-21(10-8-15)12-16-5-6-17(24-3)11-18(16)25-4/h5-6,11,14-15H,7-10,12-13H2,1-4H3,(H,20,22)/t14-/m1/s1. The molecule has 1 amide bonds. The van der Waals surface area contributed by atoms with Gasteiger partial charge in [-0.3, -0.25) is 9.69 Å². The van der Waals surface area contributed by atoms with Crippen molar-refractivity contribution < 1.29 is 19.0 Å². The van der Waals surface area contributed by atoms with Crippen LogP contribution in [0.2, 0.25) is 0 Å². The minimum atomic E-state index is 0.0547. The van der Waals surface area contributed by atoms with Gasteiger partial charge in [-0.25, -0.2) is 0 Å². The van der Waals surface area contributed by atoms with Crippen LogP contribution in [0.5, 0.6) is 11.5 Å². The van der Waals surface area contributed by atoms with Gasteiger partial charge in [-0.1, -0.05) is 6.07 Å². The Morgan fingerprint density at radius 1 is 1.24 bits per heavy atom. The summed E-state index contributed by atoms with van der Waals surface area (Å²) in [4.78, 5) is 14.7. The zero-order chi connectivity index (χ0) is 18.2. The lowest BCUT2D eigenvalue weighted by Gasteiger charge is -2.32. The molecule has 1 fully saturated rings. The predicted molar refractivity (Wildman–Crippen MR) is 97.0 cm³/mol. The molecule has 6 nitrogen and oxygen atoms in total. The van der Waals surface area contributed by atoms with Gasteiger partial charge in [-0.15, -0.1) is 0 Å². The number of carbonyl (C=O) groups excluding carboxylic acids is 1. The Morgan fingerprint density at radius 2 is 1.96 bits per heavy atom. The van der Waals surface area contributed by atoms with Gasteiger partial charge >= 0.3 is 0 Å². The van der Waals surface area contributed by atoms with Crippen molar-refractivity contribution in [3.8, 4) is 11.5 Å². The Balaban J connectivity index is 1.85. The van der Waals surface area contributed by atoms with Gasteiger partial charge in [0.1, 0.15) is 11.5 Å². The number of ether oxygens (including phenoxy) is 3. The maximum absolute atomic E-state index is 12.3. The molecule has 0 aliphatic carbocycles. The summed E-state index contributed by atoms with van der Waals surface area (Å²) in [5.74, 6) is 1.87. The van der Waals surface area contributed by atoms with Crippen molar-refractivity contribution in [3.63, 3.8) is 0 Å². The minimum absolute atomic E-state index is 0.0547. The summed E-state index contributed by atoms with van der Waals surface area (Å²) in [6, 6.07) is 5.96. The Labute approximate surface area is 150 Å². The van der Waals surface area contributed by atoms with Crippen LogP contribution in [-0.4, -0.2) is 57.9 Å². The quantitative estimate of drug-likeness (QED) is 0.778. The third-order valence-electron chi connectivity index (χ3n) is 4.65. The molecule has 1 N–H and O–H groups in total. The number of nitrogens with one attached hydrogen (secondary N) is 1. The minimum Gasteiger partial charge on any atom is -0.497 e. The lowest BCUT2D eigenvalue weighted by Crippen LogP contribution is -2.44. The van der Waals surface area contributed by atoms with Crippen LogP contribution in [0, 0.1) is 5.92 Å². The molecule has 0 saturated carbocycles. The van der Waals surface area contributed by atoms with E-state index in [9.17, 15) is 4.79 Å². The first kappa shape index (κ1) is 19.5. The summed E-state index contributed by atoms with van der Waals surface area (Å²) in [7, 11) is 4.97. The van der Waals surface area contributed by atoms with Gasteiger partial charge in [0.15, 0.2) is 0 Å². The molecule has 1 atom stereocenters. The number of piperidine rings is 1. The van der Waals surface area contributed by atoms with E-state index in [1.54, 1.807) is 21.3 Å². The van der Waals surface area contributed by atoms with Crippen molar-refractivity contribution in [1.29, 1.82) is 0 Å². The highest BCUT2D eigenvalue weighted by molar-refractivity contribution is 5.79. The van der Waals surface area contributed by atoms with Gasteiger partial charge in [0.25, 0.3) is 0 Å². The average Bonchev–Trinajstić information content (AvgIpc) is 2.62. The second kappa shape index (κ2) is 9.63. The van der Waals surface area contributed by atoms with Gasteiger partial charge in [-0.05, 0) is 38.9 Å². The second-order valence-corrected chi connectivity index (χ2v) is 6.59. The molecule has 1 aromatic carbocycles. The molecule has 0 spiro atoms. The van der Waals surface area contributed by atoms with Gasteiger partial charge in [-0.2, -0.15) is 0 Å². The van der Waals surface area contributed by atoms with E-state index in [2.05, 4.69) is 10.2 Å². The number of hydrogen-bond donors (Lipinski definition) is 1. The van der Waals surface area contributed by atoms with E-state index in [0.717, 1.165) is 49.5 Å². The lowest BCUT2D eigenvalue weighted by atomic mass is 9.95. The maximum Gasteiger partial charge on any atom is 0.223 e. The fourth-order valence-corrected chi connectivity index (χ4v) is 3.23. The van der Waals surface area contributed by atoms with Crippen LogP contribution in [0.25, 0.3) is 0 Å². The number of carbonyl (C=O) groups is 1. The number of nitrogens with zero attached hydrogens (tertiary/aromatic N) is 1. The average molecular weight is 350 g/mol. The third-order valence-corrected chi connectivity index (χ3v) is 4.65. The van der Waals surface area contributed by atoms with E-state index in [1.807, 2.05) is 25.1 Å². The maximum atomic E-state index is 12.3. The Hall–Kier alpha value is -1.79. The summed E-state index contributed by atoms with van der Waals surface area (Å²) in [6.45, 7) is 5.15. The lowest BCUT2D eigenvalue weighted by molar-refractivity contribution is -0.127. The summed E-state index contributed by atoms with van der Waals surface area (Å²) >= 11 is 0. The van der Waals surface area contributed by atoms with Gasteiger partial charge in [0.2, 0.25) is 5.91 Å². The molecule has 6 heteroatoms. The van der Waals surface area contributed by atoms with E-state index in [-0.39, 0.29) is 17.9 Å². The van der Waals surface area contributed by atoms with E-state index in [1.165, 1.54) is 0 Å². The van der Waals surface area contributed by atoms with Crippen molar-refractivity contribution in [1.82, 2.24) is 10.2 Å². The Morgan fingerprint density at radius 3 is 2.56 bits per heavy atom. The van der Waals surface area contributed by atoms with Crippen LogP contribution in [0.1, 0.15) is 25.3 Å². The molecule has 25 heavy (non-hydrogen) atoms. The number of rotatable bonds is 8. The van der Waals surface area contributed by atoms with Crippen molar-refractivity contribution in [2.24, 2.45) is 5.92 Å². The number of benzene rings is 1. The second-order valence-electron chi connectivity index (χ2n) is 6.59. The van der Waals surface area contributed by atoms with E-state index >= 15 is 0 Å².